The van der Waals surface area contributed by atoms with Crippen LogP contribution in [0.1, 0.15) is 69.6 Å². The molecule has 1 aliphatic rings. The number of hydrogen-bond donors (Lipinski definition) is 5. The quantitative estimate of drug-likeness (QED) is 0.103. The van der Waals surface area contributed by atoms with Gasteiger partial charge in [-0.05, 0) is 64.5 Å². The fourth-order valence-electron chi connectivity index (χ4n) is 6.66. The molecule has 288 valence electrons. The number of rotatable bonds is 14. The van der Waals surface area contributed by atoms with Crippen LogP contribution in [0.15, 0.2) is 54.1 Å². The van der Waals surface area contributed by atoms with Crippen molar-refractivity contribution in [2.24, 2.45) is 11.5 Å². The lowest BCUT2D eigenvalue weighted by Gasteiger charge is -2.13. The van der Waals surface area contributed by atoms with E-state index in [1.165, 1.54) is 13.2 Å². The first-order valence-corrected chi connectivity index (χ1v) is 18.0. The minimum absolute atomic E-state index is 0.0253. The lowest BCUT2D eigenvalue weighted by atomic mass is 10.0. The Bertz CT molecular complexity index is 2370. The largest absolute Gasteiger partial charge is 0.506 e. The zero-order chi connectivity index (χ0) is 39.4. The normalized spacial score (nSPS) is 13.0. The third-order valence-electron chi connectivity index (χ3n) is 9.28. The van der Waals surface area contributed by atoms with Gasteiger partial charge in [0.05, 0.1) is 36.1 Å². The second-order valence-electron chi connectivity index (χ2n) is 13.1. The standard InChI is InChI=1S/C38H46N12O5/c1-6-49-26(16-22(3)45-49)20-32(52)43-37-41-27-12-10-24(21-39)11-13-30(51)33(27)47(37)14-8-9-15-48-34-28(18-25(35(40)53)19-31(34)55-5)42-38(48)44-36(54)29-17-23(4)46-50(29)7-2/h8-10,13,16-19,51H,6-7,11-12,14-15,20-21,39H2,1-5H3,(H2,40,53)(H,41,43,52)(H,42,44,54)/b9-8+,24-10?,30-13?. The molecule has 0 aliphatic heterocycles. The number of ether oxygens (including phenoxy) is 1. The third-order valence-corrected chi connectivity index (χ3v) is 9.28. The van der Waals surface area contributed by atoms with Gasteiger partial charge in [-0.3, -0.25) is 34.4 Å². The molecule has 5 aromatic rings. The number of hydrogen-bond acceptors (Lipinski definition) is 10. The molecule has 17 nitrogen and oxygen atoms in total. The first-order valence-electron chi connectivity index (χ1n) is 18.0. The lowest BCUT2D eigenvalue weighted by molar-refractivity contribution is -0.115. The van der Waals surface area contributed by atoms with Crippen LogP contribution in [-0.2, 0) is 43.8 Å². The molecule has 1 aromatic carbocycles. The highest BCUT2D eigenvalue weighted by molar-refractivity contribution is 6.04. The number of nitrogens with zero attached hydrogens (tertiary/aromatic N) is 8. The predicted molar refractivity (Wildman–Crippen MR) is 208 cm³/mol. The average Bonchev–Trinajstić information content (AvgIpc) is 3.90. The Morgan fingerprint density at radius 3 is 2.29 bits per heavy atom. The monoisotopic (exact) mass is 750 g/mol. The number of aliphatic hydroxyl groups is 1. The molecule has 0 fully saturated rings. The van der Waals surface area contributed by atoms with Crippen LogP contribution in [0.3, 0.4) is 0 Å². The highest BCUT2D eigenvalue weighted by Gasteiger charge is 2.24. The summed E-state index contributed by atoms with van der Waals surface area (Å²) in [5.74, 6) is -0.518. The van der Waals surface area contributed by atoms with Gasteiger partial charge in [-0.15, -0.1) is 0 Å². The lowest BCUT2D eigenvalue weighted by Crippen LogP contribution is -2.20. The van der Waals surface area contributed by atoms with Crippen molar-refractivity contribution in [3.63, 3.8) is 0 Å². The van der Waals surface area contributed by atoms with E-state index in [0.29, 0.717) is 72.0 Å². The molecule has 0 unspecified atom stereocenters. The zero-order valence-corrected chi connectivity index (χ0v) is 31.6. The van der Waals surface area contributed by atoms with Crippen LogP contribution in [0, 0.1) is 13.8 Å². The van der Waals surface area contributed by atoms with Gasteiger partial charge in [-0.2, -0.15) is 10.2 Å². The molecule has 0 bridgehead atoms. The van der Waals surface area contributed by atoms with Gasteiger partial charge in [0.1, 0.15) is 28.4 Å². The summed E-state index contributed by atoms with van der Waals surface area (Å²) in [7, 11) is 1.47. The SMILES string of the molecule is CCn1nc(C)cc1CC(=O)Nc1nc2c(n1C/C=C/Cn1c(NC(=O)c3cc(C)nn3CC)nc3cc(C(N)=O)cc(OC)c31)C(O)=CCC(CN)=CC2. The van der Waals surface area contributed by atoms with Gasteiger partial charge < -0.3 is 30.4 Å². The Balaban J connectivity index is 1.34. The van der Waals surface area contributed by atoms with Crippen LogP contribution in [-0.4, -0.2) is 75.1 Å². The van der Waals surface area contributed by atoms with Gasteiger partial charge in [0.25, 0.3) is 5.91 Å². The van der Waals surface area contributed by atoms with E-state index in [1.807, 2.05) is 52.0 Å². The van der Waals surface area contributed by atoms with E-state index in [0.717, 1.165) is 17.0 Å². The third kappa shape index (κ3) is 8.06. The number of imidazole rings is 2. The Labute approximate surface area is 317 Å². The van der Waals surface area contributed by atoms with Crippen molar-refractivity contribution in [1.82, 2.24) is 38.7 Å². The Morgan fingerprint density at radius 2 is 1.60 bits per heavy atom. The second kappa shape index (κ2) is 16.3. The number of allylic oxidation sites excluding steroid dienone is 4. The number of benzene rings is 1. The highest BCUT2D eigenvalue weighted by Crippen LogP contribution is 2.31. The van der Waals surface area contributed by atoms with Crippen molar-refractivity contribution in [2.45, 2.75) is 73.1 Å². The van der Waals surface area contributed by atoms with Gasteiger partial charge in [0.15, 0.2) is 0 Å². The molecule has 4 aromatic heterocycles. The average molecular weight is 751 g/mol. The van der Waals surface area contributed by atoms with E-state index in [9.17, 15) is 19.5 Å². The highest BCUT2D eigenvalue weighted by atomic mass is 16.5. The maximum atomic E-state index is 13.6. The number of aromatic nitrogens is 8. The first kappa shape index (κ1) is 38.2. The van der Waals surface area contributed by atoms with Crippen LogP contribution >= 0.6 is 0 Å². The summed E-state index contributed by atoms with van der Waals surface area (Å²) in [5, 5.41) is 26.0. The molecule has 55 heavy (non-hydrogen) atoms. The summed E-state index contributed by atoms with van der Waals surface area (Å²) in [6.45, 7) is 9.42. The number of carbonyl (C=O) groups excluding carboxylic acids is 3. The maximum absolute atomic E-state index is 13.6. The summed E-state index contributed by atoms with van der Waals surface area (Å²) in [5.41, 5.74) is 17.3. The van der Waals surface area contributed by atoms with E-state index in [1.54, 1.807) is 36.7 Å². The molecular formula is C38H46N12O5. The smallest absolute Gasteiger partial charge is 0.276 e. The fraction of sp³-hybridized carbons (Fsp3) is 0.342. The fourth-order valence-corrected chi connectivity index (χ4v) is 6.66. The summed E-state index contributed by atoms with van der Waals surface area (Å²) in [4.78, 5) is 48.6. The summed E-state index contributed by atoms with van der Waals surface area (Å²) < 4.78 is 12.6. The van der Waals surface area contributed by atoms with Crippen molar-refractivity contribution < 1.29 is 24.2 Å². The van der Waals surface area contributed by atoms with E-state index < -0.39 is 11.8 Å². The van der Waals surface area contributed by atoms with E-state index in [4.69, 9.17) is 21.2 Å². The molecule has 3 amide bonds. The van der Waals surface area contributed by atoms with Gasteiger partial charge in [0, 0.05) is 50.4 Å². The number of primary amides is 1. The number of carbonyl (C=O) groups is 3. The number of anilines is 2. The van der Waals surface area contributed by atoms with Crippen LogP contribution in [0.25, 0.3) is 16.8 Å². The Morgan fingerprint density at radius 1 is 0.909 bits per heavy atom. The van der Waals surface area contributed by atoms with Crippen molar-refractivity contribution in [2.75, 3.05) is 24.3 Å². The molecule has 6 rings (SSSR count). The number of methoxy groups -OCH3 is 1. The first-order chi connectivity index (χ1) is 26.4. The van der Waals surface area contributed by atoms with Crippen molar-refractivity contribution in [3.05, 3.63) is 93.9 Å². The molecule has 0 saturated heterocycles. The topological polar surface area (TPSA) is 228 Å². The Kier molecular flexibility index (Phi) is 11.3. The van der Waals surface area contributed by atoms with E-state index in [2.05, 4.69) is 25.8 Å². The van der Waals surface area contributed by atoms with E-state index in [-0.39, 0.29) is 48.6 Å². The minimum atomic E-state index is -0.654. The molecule has 0 saturated carbocycles. The van der Waals surface area contributed by atoms with Crippen LogP contribution < -0.4 is 26.8 Å². The predicted octanol–water partition coefficient (Wildman–Crippen LogP) is 3.81. The number of nitrogens with one attached hydrogen (secondary N) is 2. The number of fused-ring (bicyclic) bond motifs is 2. The van der Waals surface area contributed by atoms with Crippen LogP contribution in [0.5, 0.6) is 5.75 Å². The molecule has 0 atom stereocenters. The molecule has 1 aliphatic carbocycles. The number of aliphatic hydroxyl groups excluding tert-OH is 1. The van der Waals surface area contributed by atoms with Crippen LogP contribution in [0.4, 0.5) is 11.9 Å². The number of amides is 3. The minimum Gasteiger partial charge on any atom is -0.506 e. The second-order valence-corrected chi connectivity index (χ2v) is 13.1. The van der Waals surface area contributed by atoms with Crippen molar-refractivity contribution in [1.29, 1.82) is 0 Å². The van der Waals surface area contributed by atoms with E-state index >= 15 is 0 Å². The van der Waals surface area contributed by atoms with Crippen molar-refractivity contribution in [3.8, 4) is 5.75 Å². The molecule has 4 heterocycles. The van der Waals surface area contributed by atoms with Gasteiger partial charge in [-0.25, -0.2) is 9.97 Å². The van der Waals surface area contributed by atoms with Gasteiger partial charge in [0.2, 0.25) is 23.7 Å². The molecule has 17 heteroatoms. The maximum Gasteiger partial charge on any atom is 0.276 e. The molecule has 0 radical (unpaired) electrons. The Hall–Kier alpha value is -6.49. The summed E-state index contributed by atoms with van der Waals surface area (Å²) in [6, 6.07) is 6.65. The molecule has 0 spiro atoms. The van der Waals surface area contributed by atoms with Gasteiger partial charge in [-0.1, -0.05) is 23.8 Å². The van der Waals surface area contributed by atoms with Crippen LogP contribution in [0.2, 0.25) is 0 Å². The van der Waals surface area contributed by atoms with Gasteiger partial charge >= 0.3 is 0 Å². The number of aryl methyl sites for hydroxylation is 4. The molecular weight excluding hydrogens is 704 g/mol. The van der Waals surface area contributed by atoms with Crippen molar-refractivity contribution >= 4 is 46.4 Å². The number of nitrogens with two attached hydrogens (primary N) is 2. The molecule has 7 N–H and O–H groups in total. The summed E-state index contributed by atoms with van der Waals surface area (Å²) in [6.07, 6.45) is 8.38. The zero-order valence-electron chi connectivity index (χ0n) is 31.6. The summed E-state index contributed by atoms with van der Waals surface area (Å²) >= 11 is 0.